The molecule has 2 atom stereocenters. The van der Waals surface area contributed by atoms with Crippen LogP contribution in [0.1, 0.15) is 12.0 Å². The van der Waals surface area contributed by atoms with Crippen LogP contribution in [-0.4, -0.2) is 30.1 Å². The highest BCUT2D eigenvalue weighted by Gasteiger charge is 2.36. The summed E-state index contributed by atoms with van der Waals surface area (Å²) < 4.78 is 0. The fourth-order valence-electron chi connectivity index (χ4n) is 2.66. The maximum absolute atomic E-state index is 3.53. The minimum atomic E-state index is 0. The third-order valence-electron chi connectivity index (χ3n) is 3.40. The van der Waals surface area contributed by atoms with E-state index >= 15 is 0 Å². The first-order valence-corrected chi connectivity index (χ1v) is 5.43. The Labute approximate surface area is 131 Å². The first-order chi connectivity index (χ1) is 6.92. The van der Waals surface area contributed by atoms with E-state index in [4.69, 9.17) is 0 Å². The zero-order valence-corrected chi connectivity index (χ0v) is 13.8. The monoisotopic (exact) mass is 444 g/mol. The number of nitrogens with zero attached hydrogens (tertiary/aromatic N) is 1. The maximum atomic E-state index is 3.53. The lowest BCUT2D eigenvalue weighted by molar-refractivity contribution is 0.218. The molecule has 4 heteroatoms. The van der Waals surface area contributed by atoms with E-state index in [2.05, 4.69) is 40.5 Å². The molecule has 1 aromatic carbocycles. The van der Waals surface area contributed by atoms with Gasteiger partial charge in [-0.05, 0) is 12.0 Å². The van der Waals surface area contributed by atoms with Crippen LogP contribution in [-0.2, 0) is 6.54 Å². The molecular formula is C12H18I2N2. The van der Waals surface area contributed by atoms with Gasteiger partial charge in [0.2, 0.25) is 0 Å². The van der Waals surface area contributed by atoms with Gasteiger partial charge in [-0.3, -0.25) is 4.90 Å². The van der Waals surface area contributed by atoms with E-state index in [9.17, 15) is 0 Å². The maximum Gasteiger partial charge on any atom is 0.0240 e. The van der Waals surface area contributed by atoms with Crippen molar-refractivity contribution in [1.29, 1.82) is 0 Å². The molecule has 2 heterocycles. The number of likely N-dealkylation sites (tertiary alicyclic amines) is 1. The molecular weight excluding hydrogens is 426 g/mol. The third kappa shape index (κ3) is 3.08. The van der Waals surface area contributed by atoms with Crippen LogP contribution in [0.25, 0.3) is 0 Å². The Kier molecular flexibility index (Phi) is 5.97. The van der Waals surface area contributed by atoms with Crippen LogP contribution in [0.3, 0.4) is 0 Å². The SMILES string of the molecule is I.I.c1ccc(CN2CC3CC2CN3)cc1. The van der Waals surface area contributed by atoms with E-state index in [0.29, 0.717) is 0 Å². The molecule has 0 aromatic heterocycles. The Bertz CT molecular complexity index is 318. The van der Waals surface area contributed by atoms with Gasteiger partial charge in [0.15, 0.2) is 0 Å². The molecule has 2 saturated heterocycles. The summed E-state index contributed by atoms with van der Waals surface area (Å²) in [5.74, 6) is 0. The van der Waals surface area contributed by atoms with Crippen LogP contribution in [0.15, 0.2) is 30.3 Å². The fraction of sp³-hybridized carbons (Fsp3) is 0.500. The Morgan fingerprint density at radius 1 is 1.19 bits per heavy atom. The highest BCUT2D eigenvalue weighted by Crippen LogP contribution is 2.24. The van der Waals surface area contributed by atoms with Crippen molar-refractivity contribution < 1.29 is 0 Å². The molecule has 1 aromatic rings. The summed E-state index contributed by atoms with van der Waals surface area (Å²) in [7, 11) is 0. The van der Waals surface area contributed by atoms with Crippen molar-refractivity contribution in [2.45, 2.75) is 25.0 Å². The summed E-state index contributed by atoms with van der Waals surface area (Å²) in [6, 6.07) is 12.3. The Morgan fingerprint density at radius 2 is 1.94 bits per heavy atom. The zero-order valence-electron chi connectivity index (χ0n) is 9.13. The number of halogens is 2. The topological polar surface area (TPSA) is 15.3 Å². The van der Waals surface area contributed by atoms with E-state index in [-0.39, 0.29) is 48.0 Å². The van der Waals surface area contributed by atoms with Crippen LogP contribution in [0.5, 0.6) is 0 Å². The summed E-state index contributed by atoms with van der Waals surface area (Å²) in [4.78, 5) is 2.61. The molecule has 2 aliphatic rings. The highest BCUT2D eigenvalue weighted by atomic mass is 127. The zero-order chi connectivity index (χ0) is 9.38. The summed E-state index contributed by atoms with van der Waals surface area (Å²) in [5.41, 5.74) is 1.44. The molecule has 0 amide bonds. The average molecular weight is 444 g/mol. The van der Waals surface area contributed by atoms with Gasteiger partial charge in [-0.2, -0.15) is 0 Å². The predicted molar refractivity (Wildman–Crippen MR) is 87.9 cm³/mol. The number of nitrogens with one attached hydrogen (secondary N) is 1. The van der Waals surface area contributed by atoms with Gasteiger partial charge in [0.05, 0.1) is 0 Å². The molecule has 0 spiro atoms. The highest BCUT2D eigenvalue weighted by molar-refractivity contribution is 14.0. The third-order valence-corrected chi connectivity index (χ3v) is 3.40. The summed E-state index contributed by atoms with van der Waals surface area (Å²) in [6.07, 6.45) is 1.35. The van der Waals surface area contributed by atoms with Crippen molar-refractivity contribution in [3.05, 3.63) is 35.9 Å². The lowest BCUT2D eigenvalue weighted by Gasteiger charge is -2.27. The fourth-order valence-corrected chi connectivity index (χ4v) is 2.66. The van der Waals surface area contributed by atoms with Crippen LogP contribution in [0, 0.1) is 0 Å². The van der Waals surface area contributed by atoms with E-state index in [1.807, 2.05) is 0 Å². The molecule has 16 heavy (non-hydrogen) atoms. The van der Waals surface area contributed by atoms with Crippen LogP contribution in [0.2, 0.25) is 0 Å². The molecule has 3 rings (SSSR count). The molecule has 2 aliphatic heterocycles. The van der Waals surface area contributed by atoms with E-state index < -0.39 is 0 Å². The predicted octanol–water partition coefficient (Wildman–Crippen LogP) is 2.47. The number of rotatable bonds is 2. The van der Waals surface area contributed by atoms with Crippen molar-refractivity contribution in [2.75, 3.05) is 13.1 Å². The van der Waals surface area contributed by atoms with Gasteiger partial charge in [-0.1, -0.05) is 30.3 Å². The lowest BCUT2D eigenvalue weighted by Crippen LogP contribution is -2.42. The van der Waals surface area contributed by atoms with Crippen LogP contribution in [0.4, 0.5) is 0 Å². The van der Waals surface area contributed by atoms with Crippen LogP contribution >= 0.6 is 48.0 Å². The Morgan fingerprint density at radius 3 is 2.50 bits per heavy atom. The molecule has 0 aliphatic carbocycles. The molecule has 90 valence electrons. The summed E-state index contributed by atoms with van der Waals surface area (Å²) in [6.45, 7) is 3.56. The van der Waals surface area contributed by atoms with E-state index in [1.165, 1.54) is 25.1 Å². The molecule has 2 fully saturated rings. The van der Waals surface area contributed by atoms with Crippen molar-refractivity contribution in [3.8, 4) is 0 Å². The van der Waals surface area contributed by atoms with Gasteiger partial charge >= 0.3 is 0 Å². The van der Waals surface area contributed by atoms with Crippen molar-refractivity contribution in [1.82, 2.24) is 10.2 Å². The number of hydrogen-bond acceptors (Lipinski definition) is 2. The van der Waals surface area contributed by atoms with E-state index in [1.54, 1.807) is 0 Å². The largest absolute Gasteiger partial charge is 0.311 e. The van der Waals surface area contributed by atoms with E-state index in [0.717, 1.165) is 18.6 Å². The second kappa shape index (κ2) is 6.51. The lowest BCUT2D eigenvalue weighted by atomic mass is 10.2. The quantitative estimate of drug-likeness (QED) is 0.706. The van der Waals surface area contributed by atoms with Crippen molar-refractivity contribution in [2.24, 2.45) is 0 Å². The first kappa shape index (κ1) is 14.7. The minimum absolute atomic E-state index is 0. The summed E-state index contributed by atoms with van der Waals surface area (Å²) in [5, 5.41) is 3.53. The second-order valence-corrected chi connectivity index (χ2v) is 4.41. The second-order valence-electron chi connectivity index (χ2n) is 4.41. The molecule has 2 nitrogen and oxygen atoms in total. The molecule has 0 saturated carbocycles. The Hall–Kier alpha value is 0.600. The van der Waals surface area contributed by atoms with Gasteiger partial charge < -0.3 is 5.32 Å². The standard InChI is InChI=1S/C12H16N2.2HI/c1-2-4-10(5-3-1)8-14-9-11-6-12(14)7-13-11;;/h1-5,11-13H,6-9H2;2*1H. The van der Waals surface area contributed by atoms with Gasteiger partial charge in [0.1, 0.15) is 0 Å². The van der Waals surface area contributed by atoms with Gasteiger partial charge in [-0.25, -0.2) is 0 Å². The molecule has 0 radical (unpaired) electrons. The van der Waals surface area contributed by atoms with Crippen molar-refractivity contribution in [3.63, 3.8) is 0 Å². The molecule has 1 N–H and O–H groups in total. The molecule has 2 bridgehead atoms. The van der Waals surface area contributed by atoms with Crippen LogP contribution < -0.4 is 5.32 Å². The average Bonchev–Trinajstić information content (AvgIpc) is 2.81. The number of benzene rings is 1. The van der Waals surface area contributed by atoms with Gasteiger partial charge in [0, 0.05) is 31.7 Å². The van der Waals surface area contributed by atoms with Crippen molar-refractivity contribution >= 4 is 48.0 Å². The smallest absolute Gasteiger partial charge is 0.0240 e. The Balaban J connectivity index is 0.000000640. The number of fused-ring (bicyclic) bond motifs is 2. The minimum Gasteiger partial charge on any atom is -0.311 e. The normalized spacial score (nSPS) is 27.2. The van der Waals surface area contributed by atoms with Gasteiger partial charge in [0.25, 0.3) is 0 Å². The number of piperazine rings is 1. The van der Waals surface area contributed by atoms with Gasteiger partial charge in [-0.15, -0.1) is 48.0 Å². The number of hydrogen-bond donors (Lipinski definition) is 1. The first-order valence-electron chi connectivity index (χ1n) is 5.43. The molecule has 2 unspecified atom stereocenters. The summed E-state index contributed by atoms with van der Waals surface area (Å²) >= 11 is 0.